The molecule has 4 nitrogen and oxygen atoms in total. The first-order valence-corrected chi connectivity index (χ1v) is 6.37. The zero-order chi connectivity index (χ0) is 13.1. The van der Waals surface area contributed by atoms with Crippen molar-refractivity contribution in [2.75, 3.05) is 6.54 Å². The van der Waals surface area contributed by atoms with Gasteiger partial charge >= 0.3 is 0 Å². The third kappa shape index (κ3) is 2.04. The minimum Gasteiger partial charge on any atom is -0.328 e. The largest absolute Gasteiger partial charge is 0.328 e. The summed E-state index contributed by atoms with van der Waals surface area (Å²) in [5.74, 6) is -0.413. The van der Waals surface area contributed by atoms with Crippen LogP contribution in [0, 0.1) is 0 Å². The monoisotopic (exact) mass is 246 g/mol. The molecule has 0 fully saturated rings. The molecule has 0 spiro atoms. The molecule has 1 aromatic rings. The first kappa shape index (κ1) is 12.8. The van der Waals surface area contributed by atoms with Gasteiger partial charge in [0.05, 0.1) is 17.2 Å². The summed E-state index contributed by atoms with van der Waals surface area (Å²) in [6.07, 6.45) is 2.77. The van der Waals surface area contributed by atoms with E-state index in [0.29, 0.717) is 17.7 Å². The SMILES string of the molecule is CCCCC(CN)N1C(=O)c2ccccc2C1=O. The van der Waals surface area contributed by atoms with Crippen LogP contribution in [0.25, 0.3) is 0 Å². The fourth-order valence-electron chi connectivity index (χ4n) is 2.33. The number of hydrogen-bond acceptors (Lipinski definition) is 3. The Morgan fingerprint density at radius 3 is 2.17 bits per heavy atom. The molecule has 0 aromatic heterocycles. The Hall–Kier alpha value is -1.68. The Labute approximate surface area is 107 Å². The molecule has 4 heteroatoms. The average Bonchev–Trinajstić information content (AvgIpc) is 2.65. The summed E-state index contributed by atoms with van der Waals surface area (Å²) in [6, 6.07) is 6.76. The van der Waals surface area contributed by atoms with Crippen molar-refractivity contribution in [2.45, 2.75) is 32.2 Å². The zero-order valence-corrected chi connectivity index (χ0v) is 10.6. The first-order valence-electron chi connectivity index (χ1n) is 6.37. The summed E-state index contributed by atoms with van der Waals surface area (Å²) in [6.45, 7) is 2.40. The van der Waals surface area contributed by atoms with Crippen molar-refractivity contribution in [1.29, 1.82) is 0 Å². The van der Waals surface area contributed by atoms with Crippen LogP contribution in [-0.2, 0) is 0 Å². The van der Waals surface area contributed by atoms with Crippen molar-refractivity contribution in [3.8, 4) is 0 Å². The number of carbonyl (C=O) groups is 2. The van der Waals surface area contributed by atoms with Gasteiger partial charge in [0.25, 0.3) is 11.8 Å². The van der Waals surface area contributed by atoms with E-state index in [0.717, 1.165) is 19.3 Å². The topological polar surface area (TPSA) is 63.4 Å². The van der Waals surface area contributed by atoms with E-state index in [4.69, 9.17) is 5.73 Å². The van der Waals surface area contributed by atoms with Gasteiger partial charge in [-0.1, -0.05) is 31.9 Å². The molecule has 2 N–H and O–H groups in total. The number of carbonyl (C=O) groups excluding carboxylic acids is 2. The summed E-state index contributed by atoms with van der Waals surface area (Å²) < 4.78 is 0. The number of unbranched alkanes of at least 4 members (excludes halogenated alkanes) is 1. The lowest BCUT2D eigenvalue weighted by atomic mass is 10.1. The number of nitrogens with zero attached hydrogens (tertiary/aromatic N) is 1. The van der Waals surface area contributed by atoms with Crippen LogP contribution in [0.1, 0.15) is 46.9 Å². The summed E-state index contributed by atoms with van der Waals surface area (Å²) in [5.41, 5.74) is 6.70. The molecule has 1 aromatic carbocycles. The minimum atomic E-state index is -0.206. The van der Waals surface area contributed by atoms with Crippen LogP contribution in [0.4, 0.5) is 0 Å². The molecule has 96 valence electrons. The number of fused-ring (bicyclic) bond motifs is 1. The third-order valence-corrected chi connectivity index (χ3v) is 3.35. The van der Waals surface area contributed by atoms with E-state index in [1.165, 1.54) is 4.90 Å². The summed E-state index contributed by atoms with van der Waals surface area (Å²) in [7, 11) is 0. The van der Waals surface area contributed by atoms with Crippen molar-refractivity contribution in [1.82, 2.24) is 4.90 Å². The number of nitrogens with two attached hydrogens (primary N) is 1. The average molecular weight is 246 g/mol. The summed E-state index contributed by atoms with van der Waals surface area (Å²) in [4.78, 5) is 25.8. The Kier molecular flexibility index (Phi) is 3.77. The normalized spacial score (nSPS) is 16.0. The second kappa shape index (κ2) is 5.31. The van der Waals surface area contributed by atoms with Gasteiger partial charge in [-0.3, -0.25) is 14.5 Å². The number of benzene rings is 1. The van der Waals surface area contributed by atoms with Crippen molar-refractivity contribution >= 4 is 11.8 Å². The lowest BCUT2D eigenvalue weighted by Gasteiger charge is -2.24. The summed E-state index contributed by atoms with van der Waals surface area (Å²) in [5, 5.41) is 0. The van der Waals surface area contributed by atoms with E-state index in [1.54, 1.807) is 24.3 Å². The van der Waals surface area contributed by atoms with Crippen LogP contribution in [0.3, 0.4) is 0 Å². The van der Waals surface area contributed by atoms with Crippen molar-refractivity contribution < 1.29 is 9.59 Å². The Balaban J connectivity index is 2.26. The Morgan fingerprint density at radius 2 is 1.72 bits per heavy atom. The molecule has 0 aliphatic carbocycles. The van der Waals surface area contributed by atoms with Gasteiger partial charge in [0, 0.05) is 6.54 Å². The quantitative estimate of drug-likeness (QED) is 0.806. The Morgan fingerprint density at radius 1 is 1.17 bits per heavy atom. The molecule has 0 bridgehead atoms. The zero-order valence-electron chi connectivity index (χ0n) is 10.6. The second-order valence-corrected chi connectivity index (χ2v) is 4.56. The minimum absolute atomic E-state index is 0.183. The lowest BCUT2D eigenvalue weighted by molar-refractivity contribution is 0.0580. The maximum Gasteiger partial charge on any atom is 0.261 e. The van der Waals surface area contributed by atoms with Crippen molar-refractivity contribution in [3.05, 3.63) is 35.4 Å². The van der Waals surface area contributed by atoms with Crippen LogP contribution >= 0.6 is 0 Å². The van der Waals surface area contributed by atoms with E-state index in [-0.39, 0.29) is 17.9 Å². The van der Waals surface area contributed by atoms with Crippen LogP contribution in [0.5, 0.6) is 0 Å². The molecule has 1 heterocycles. The van der Waals surface area contributed by atoms with Crippen LogP contribution in [0.2, 0.25) is 0 Å². The molecule has 0 saturated heterocycles. The molecule has 1 atom stereocenters. The van der Waals surface area contributed by atoms with E-state index in [9.17, 15) is 9.59 Å². The third-order valence-electron chi connectivity index (χ3n) is 3.35. The second-order valence-electron chi connectivity index (χ2n) is 4.56. The maximum atomic E-state index is 12.2. The predicted molar refractivity (Wildman–Crippen MR) is 69.3 cm³/mol. The van der Waals surface area contributed by atoms with Gasteiger partial charge in [-0.15, -0.1) is 0 Å². The Bertz CT molecular complexity index is 436. The van der Waals surface area contributed by atoms with Gasteiger partial charge in [0.2, 0.25) is 0 Å². The first-order chi connectivity index (χ1) is 8.70. The molecule has 18 heavy (non-hydrogen) atoms. The van der Waals surface area contributed by atoms with E-state index < -0.39 is 0 Å². The number of imide groups is 1. The highest BCUT2D eigenvalue weighted by Gasteiger charge is 2.38. The summed E-state index contributed by atoms with van der Waals surface area (Å²) >= 11 is 0. The standard InChI is InChI=1S/C14H18N2O2/c1-2-3-6-10(9-15)16-13(17)11-7-4-5-8-12(11)14(16)18/h4-5,7-8,10H,2-3,6,9,15H2,1H3. The van der Waals surface area contributed by atoms with Gasteiger partial charge < -0.3 is 5.73 Å². The molecular weight excluding hydrogens is 228 g/mol. The van der Waals surface area contributed by atoms with Crippen molar-refractivity contribution in [3.63, 3.8) is 0 Å². The van der Waals surface area contributed by atoms with Crippen molar-refractivity contribution in [2.24, 2.45) is 5.73 Å². The number of hydrogen-bond donors (Lipinski definition) is 1. The molecule has 0 radical (unpaired) electrons. The van der Waals surface area contributed by atoms with E-state index in [1.807, 2.05) is 0 Å². The highest BCUT2D eigenvalue weighted by atomic mass is 16.2. The molecular formula is C14H18N2O2. The van der Waals surface area contributed by atoms with Crippen LogP contribution in [0.15, 0.2) is 24.3 Å². The molecule has 2 amide bonds. The molecule has 1 aliphatic heterocycles. The van der Waals surface area contributed by atoms with Gasteiger partial charge in [-0.2, -0.15) is 0 Å². The predicted octanol–water partition coefficient (Wildman–Crippen LogP) is 1.80. The van der Waals surface area contributed by atoms with E-state index in [2.05, 4.69) is 6.92 Å². The van der Waals surface area contributed by atoms with Gasteiger partial charge in [0.1, 0.15) is 0 Å². The maximum absolute atomic E-state index is 12.2. The van der Waals surface area contributed by atoms with E-state index >= 15 is 0 Å². The molecule has 0 saturated carbocycles. The lowest BCUT2D eigenvalue weighted by Crippen LogP contribution is -2.44. The van der Waals surface area contributed by atoms with Gasteiger partial charge in [-0.25, -0.2) is 0 Å². The fraction of sp³-hybridized carbons (Fsp3) is 0.429. The highest BCUT2D eigenvalue weighted by molar-refractivity contribution is 6.21. The highest BCUT2D eigenvalue weighted by Crippen LogP contribution is 2.25. The molecule has 1 aliphatic rings. The van der Waals surface area contributed by atoms with Gasteiger partial charge in [0.15, 0.2) is 0 Å². The number of amides is 2. The van der Waals surface area contributed by atoms with Crippen LogP contribution < -0.4 is 5.73 Å². The van der Waals surface area contributed by atoms with Gasteiger partial charge in [-0.05, 0) is 18.6 Å². The van der Waals surface area contributed by atoms with Crippen LogP contribution in [-0.4, -0.2) is 29.3 Å². The fourth-order valence-corrected chi connectivity index (χ4v) is 2.33. The molecule has 1 unspecified atom stereocenters. The molecule has 2 rings (SSSR count). The number of rotatable bonds is 5. The smallest absolute Gasteiger partial charge is 0.261 e.